The third kappa shape index (κ3) is 16.6. The van der Waals surface area contributed by atoms with E-state index < -0.39 is 23.1 Å². The summed E-state index contributed by atoms with van der Waals surface area (Å²) in [5, 5.41) is 9.27. The zero-order valence-corrected chi connectivity index (χ0v) is 14.0. The first-order valence-corrected chi connectivity index (χ1v) is 7.22. The van der Waals surface area contributed by atoms with Crippen molar-refractivity contribution < 1.29 is 51.8 Å². The van der Waals surface area contributed by atoms with Crippen molar-refractivity contribution in [2.45, 2.75) is 51.6 Å². The minimum atomic E-state index is -4.70. The second-order valence-electron chi connectivity index (χ2n) is 3.90. The monoisotopic (exact) mass is 288 g/mol. The minimum absolute atomic E-state index is 0. The Kier molecular flexibility index (Phi) is 14.6. The number of hydrogen-bond donors (Lipinski definition) is 1. The maximum atomic E-state index is 10.1. The van der Waals surface area contributed by atoms with E-state index in [1.807, 2.05) is 6.08 Å². The van der Waals surface area contributed by atoms with Crippen LogP contribution in [-0.2, 0) is 14.6 Å². The fraction of sp³-hybridized carbons (Fsp3) is 0.818. The van der Waals surface area contributed by atoms with Gasteiger partial charge in [-0.25, -0.2) is 8.42 Å². The predicted molar refractivity (Wildman–Crippen MR) is 64.2 cm³/mol. The van der Waals surface area contributed by atoms with E-state index in [0.717, 1.165) is 12.8 Å². The summed E-state index contributed by atoms with van der Waals surface area (Å²) < 4.78 is 34.3. The van der Waals surface area contributed by atoms with Crippen molar-refractivity contribution in [2.75, 3.05) is 6.61 Å². The third-order valence-electron chi connectivity index (χ3n) is 2.20. The minimum Gasteiger partial charge on any atom is -0.726 e. The number of unbranched alkanes of at least 4 members (excludes halogenated alkanes) is 4. The van der Waals surface area contributed by atoms with Crippen LogP contribution in [0.1, 0.15) is 45.4 Å². The SMILES string of the molecule is CCCCCC/C=C\CC(O)COS(=O)(=O)[O-].[Na+]. The summed E-state index contributed by atoms with van der Waals surface area (Å²) in [7, 11) is -4.70. The van der Waals surface area contributed by atoms with Gasteiger partial charge >= 0.3 is 29.6 Å². The van der Waals surface area contributed by atoms with Crippen LogP contribution in [0.15, 0.2) is 12.2 Å². The van der Waals surface area contributed by atoms with Crippen LogP contribution in [0.2, 0.25) is 0 Å². The van der Waals surface area contributed by atoms with Crippen molar-refractivity contribution in [3.05, 3.63) is 12.2 Å². The molecule has 0 aromatic rings. The zero-order valence-electron chi connectivity index (χ0n) is 11.2. The molecule has 0 aliphatic carbocycles. The summed E-state index contributed by atoms with van der Waals surface area (Å²) in [5.41, 5.74) is 0. The average Bonchev–Trinajstić information content (AvgIpc) is 2.24. The smallest absolute Gasteiger partial charge is 0.726 e. The first-order chi connectivity index (χ1) is 7.95. The molecular formula is C11H21NaO5S. The summed E-state index contributed by atoms with van der Waals surface area (Å²) in [6.45, 7) is 1.67. The summed E-state index contributed by atoms with van der Waals surface area (Å²) >= 11 is 0. The van der Waals surface area contributed by atoms with Gasteiger partial charge in [0.25, 0.3) is 0 Å². The second-order valence-corrected chi connectivity index (χ2v) is 4.96. The number of hydrogen-bond acceptors (Lipinski definition) is 5. The van der Waals surface area contributed by atoms with Crippen LogP contribution >= 0.6 is 0 Å². The third-order valence-corrected chi connectivity index (χ3v) is 2.63. The quantitative estimate of drug-likeness (QED) is 0.178. The molecule has 5 nitrogen and oxygen atoms in total. The molecule has 102 valence electrons. The predicted octanol–water partition coefficient (Wildman–Crippen LogP) is -1.26. The van der Waals surface area contributed by atoms with Gasteiger partial charge in [-0.05, 0) is 19.3 Å². The van der Waals surface area contributed by atoms with Gasteiger partial charge in [-0.1, -0.05) is 38.3 Å². The molecule has 0 heterocycles. The molecule has 0 aliphatic heterocycles. The largest absolute Gasteiger partial charge is 1.00 e. The maximum Gasteiger partial charge on any atom is 1.00 e. The van der Waals surface area contributed by atoms with Crippen LogP contribution in [0.5, 0.6) is 0 Å². The van der Waals surface area contributed by atoms with E-state index in [1.165, 1.54) is 19.3 Å². The van der Waals surface area contributed by atoms with Crippen LogP contribution < -0.4 is 29.6 Å². The molecule has 1 atom stereocenters. The Balaban J connectivity index is 0. The van der Waals surface area contributed by atoms with Crippen LogP contribution in [0.25, 0.3) is 0 Å². The van der Waals surface area contributed by atoms with Crippen molar-refractivity contribution >= 4 is 10.4 Å². The molecule has 0 spiro atoms. The average molecular weight is 288 g/mol. The molecule has 0 saturated carbocycles. The number of rotatable bonds is 10. The Morgan fingerprint density at radius 3 is 2.50 bits per heavy atom. The van der Waals surface area contributed by atoms with Gasteiger partial charge in [0.15, 0.2) is 0 Å². The van der Waals surface area contributed by atoms with Gasteiger partial charge < -0.3 is 9.66 Å². The van der Waals surface area contributed by atoms with E-state index in [-0.39, 0.29) is 29.6 Å². The molecule has 0 aliphatic rings. The number of allylic oxidation sites excluding steroid dienone is 1. The summed E-state index contributed by atoms with van der Waals surface area (Å²) in [5.74, 6) is 0. The number of aliphatic hydroxyl groups is 1. The van der Waals surface area contributed by atoms with Gasteiger partial charge in [0.2, 0.25) is 10.4 Å². The van der Waals surface area contributed by atoms with Crippen LogP contribution in [-0.4, -0.2) is 30.8 Å². The topological polar surface area (TPSA) is 86.7 Å². The maximum absolute atomic E-state index is 10.1. The molecule has 18 heavy (non-hydrogen) atoms. The Hall–Kier alpha value is 0.570. The molecule has 7 heteroatoms. The van der Waals surface area contributed by atoms with E-state index in [9.17, 15) is 18.1 Å². The fourth-order valence-corrected chi connectivity index (χ4v) is 1.61. The van der Waals surface area contributed by atoms with E-state index in [2.05, 4.69) is 11.1 Å². The molecule has 0 aromatic heterocycles. The van der Waals surface area contributed by atoms with Gasteiger partial charge in [0.05, 0.1) is 12.7 Å². The van der Waals surface area contributed by atoms with Crippen LogP contribution in [0.3, 0.4) is 0 Å². The standard InChI is InChI=1S/C11H22O5S.Na/c1-2-3-4-5-6-7-8-9-11(12)10-16-17(13,14)15;/h7-8,11-12H,2-6,9-10H2,1H3,(H,13,14,15);/q;+1/p-1/b8-7-;. The zero-order chi connectivity index (χ0) is 13.1. The number of aliphatic hydroxyl groups excluding tert-OH is 1. The van der Waals surface area contributed by atoms with E-state index in [0.29, 0.717) is 6.42 Å². The summed E-state index contributed by atoms with van der Waals surface area (Å²) in [6.07, 6.45) is 8.76. The van der Waals surface area contributed by atoms with Crippen molar-refractivity contribution in [1.29, 1.82) is 0 Å². The second kappa shape index (κ2) is 12.6. The molecule has 0 amide bonds. The molecule has 0 radical (unpaired) electrons. The van der Waals surface area contributed by atoms with Gasteiger partial charge in [0.1, 0.15) is 0 Å². The Morgan fingerprint density at radius 2 is 1.94 bits per heavy atom. The summed E-state index contributed by atoms with van der Waals surface area (Å²) in [6, 6.07) is 0. The van der Waals surface area contributed by atoms with Gasteiger partial charge in [-0.3, -0.25) is 4.18 Å². The first kappa shape index (κ1) is 20.9. The molecule has 1 unspecified atom stereocenters. The molecule has 0 rings (SSSR count). The van der Waals surface area contributed by atoms with Crippen LogP contribution in [0, 0.1) is 0 Å². The van der Waals surface area contributed by atoms with E-state index in [1.54, 1.807) is 6.08 Å². The van der Waals surface area contributed by atoms with Crippen molar-refractivity contribution in [3.8, 4) is 0 Å². The molecule has 0 aromatic carbocycles. The van der Waals surface area contributed by atoms with E-state index in [4.69, 9.17) is 0 Å². The molecule has 0 saturated heterocycles. The summed E-state index contributed by atoms with van der Waals surface area (Å²) in [4.78, 5) is 0. The molecule has 0 bridgehead atoms. The normalized spacial score (nSPS) is 13.5. The Morgan fingerprint density at radius 1 is 1.28 bits per heavy atom. The fourth-order valence-electron chi connectivity index (χ4n) is 1.29. The molecule has 1 N–H and O–H groups in total. The molecule has 0 fully saturated rings. The van der Waals surface area contributed by atoms with Crippen LogP contribution in [0.4, 0.5) is 0 Å². The van der Waals surface area contributed by atoms with Gasteiger partial charge in [-0.2, -0.15) is 0 Å². The van der Waals surface area contributed by atoms with Gasteiger partial charge in [-0.15, -0.1) is 0 Å². The van der Waals surface area contributed by atoms with Crippen molar-refractivity contribution in [1.82, 2.24) is 0 Å². The Bertz CT molecular complexity index is 303. The molecular weight excluding hydrogens is 267 g/mol. The first-order valence-electron chi connectivity index (χ1n) is 5.89. The van der Waals surface area contributed by atoms with E-state index >= 15 is 0 Å². The van der Waals surface area contributed by atoms with Crippen molar-refractivity contribution in [2.24, 2.45) is 0 Å². The van der Waals surface area contributed by atoms with Crippen molar-refractivity contribution in [3.63, 3.8) is 0 Å². The Labute approximate surface area is 132 Å². The van der Waals surface area contributed by atoms with Gasteiger partial charge in [0, 0.05) is 0 Å².